The van der Waals surface area contributed by atoms with Gasteiger partial charge in [-0.2, -0.15) is 4.31 Å². The second kappa shape index (κ2) is 7.47. The lowest BCUT2D eigenvalue weighted by atomic mass is 10.1. The standard InChI is InChI=1S/C20H25FN2O2S/c1-15-4-9-20(14-16(15)2)26(24,25)23-12-10-22(11-13-23)17(3)18-5-7-19(21)8-6-18/h4-9,14,17H,10-13H2,1-3H3/p+1/t17-/m0/s1. The third-order valence-corrected chi connectivity index (χ3v) is 7.36. The molecule has 2 aromatic carbocycles. The average molecular weight is 378 g/mol. The largest absolute Gasteiger partial charge is 0.327 e. The second-order valence-electron chi connectivity index (χ2n) is 7.08. The van der Waals surface area contributed by atoms with Crippen molar-refractivity contribution in [2.45, 2.75) is 31.7 Å². The van der Waals surface area contributed by atoms with Gasteiger partial charge in [0.05, 0.1) is 31.1 Å². The van der Waals surface area contributed by atoms with Crippen molar-refractivity contribution in [3.05, 3.63) is 65.0 Å². The summed E-state index contributed by atoms with van der Waals surface area (Å²) in [7, 11) is -3.45. The highest BCUT2D eigenvalue weighted by Gasteiger charge is 2.32. The molecule has 3 rings (SSSR count). The molecule has 1 heterocycles. The minimum Gasteiger partial charge on any atom is -0.327 e. The van der Waals surface area contributed by atoms with Gasteiger partial charge >= 0.3 is 0 Å². The number of sulfonamides is 1. The minimum atomic E-state index is -3.45. The van der Waals surface area contributed by atoms with Crippen molar-refractivity contribution in [2.24, 2.45) is 0 Å². The molecule has 1 fully saturated rings. The molecule has 0 bridgehead atoms. The zero-order valence-electron chi connectivity index (χ0n) is 15.5. The molecule has 1 saturated heterocycles. The molecule has 0 aliphatic carbocycles. The number of quaternary nitrogens is 1. The summed E-state index contributed by atoms with van der Waals surface area (Å²) in [6, 6.07) is 12.1. The van der Waals surface area contributed by atoms with E-state index in [1.807, 2.05) is 32.0 Å². The predicted octanol–water partition coefficient (Wildman–Crippen LogP) is 2.09. The Morgan fingerprint density at radius 2 is 1.62 bits per heavy atom. The fourth-order valence-corrected chi connectivity index (χ4v) is 4.98. The first-order valence-corrected chi connectivity index (χ1v) is 10.4. The van der Waals surface area contributed by atoms with Crippen molar-refractivity contribution >= 4 is 10.0 Å². The van der Waals surface area contributed by atoms with Crippen molar-refractivity contribution in [1.29, 1.82) is 0 Å². The molecule has 0 spiro atoms. The van der Waals surface area contributed by atoms with Gasteiger partial charge in [0.15, 0.2) is 0 Å². The molecule has 2 aromatic rings. The Balaban J connectivity index is 1.69. The average Bonchev–Trinajstić information content (AvgIpc) is 2.64. The number of hydrogen-bond donors (Lipinski definition) is 1. The van der Waals surface area contributed by atoms with Crippen LogP contribution in [0.15, 0.2) is 47.4 Å². The Kier molecular flexibility index (Phi) is 5.46. The normalized spacial score (nSPS) is 18.0. The van der Waals surface area contributed by atoms with E-state index in [4.69, 9.17) is 0 Å². The van der Waals surface area contributed by atoms with Gasteiger partial charge in [-0.3, -0.25) is 0 Å². The van der Waals surface area contributed by atoms with Crippen LogP contribution in [0.2, 0.25) is 0 Å². The van der Waals surface area contributed by atoms with Crippen LogP contribution in [-0.2, 0) is 10.0 Å². The van der Waals surface area contributed by atoms with Gasteiger partial charge in [0, 0.05) is 5.56 Å². The highest BCUT2D eigenvalue weighted by Crippen LogP contribution is 2.19. The van der Waals surface area contributed by atoms with Crippen molar-refractivity contribution in [1.82, 2.24) is 4.31 Å². The van der Waals surface area contributed by atoms with Gasteiger partial charge in [0.1, 0.15) is 11.9 Å². The molecule has 0 aromatic heterocycles. The topological polar surface area (TPSA) is 41.8 Å². The summed E-state index contributed by atoms with van der Waals surface area (Å²) in [5.41, 5.74) is 3.15. The fraction of sp³-hybridized carbons (Fsp3) is 0.400. The molecule has 1 aliphatic rings. The first-order chi connectivity index (χ1) is 12.3. The highest BCUT2D eigenvalue weighted by molar-refractivity contribution is 7.89. The quantitative estimate of drug-likeness (QED) is 0.887. The lowest BCUT2D eigenvalue weighted by Gasteiger charge is -2.35. The zero-order chi connectivity index (χ0) is 18.9. The van der Waals surface area contributed by atoms with Gasteiger partial charge < -0.3 is 4.90 Å². The molecule has 0 unspecified atom stereocenters. The molecule has 0 saturated carbocycles. The van der Waals surface area contributed by atoms with Crippen molar-refractivity contribution in [2.75, 3.05) is 26.2 Å². The lowest BCUT2D eigenvalue weighted by molar-refractivity contribution is -0.933. The van der Waals surface area contributed by atoms with Gasteiger partial charge in [0.25, 0.3) is 0 Å². The number of benzene rings is 2. The SMILES string of the molecule is Cc1ccc(S(=O)(=O)N2CC[NH+]([C@@H](C)c3ccc(F)cc3)CC2)cc1C. The van der Waals surface area contributed by atoms with Crippen LogP contribution in [0, 0.1) is 19.7 Å². The van der Waals surface area contributed by atoms with E-state index in [-0.39, 0.29) is 11.9 Å². The molecule has 0 amide bonds. The molecular formula is C20H26FN2O2S+. The number of rotatable bonds is 4. The number of piperazine rings is 1. The van der Waals surface area contributed by atoms with Crippen LogP contribution in [0.3, 0.4) is 0 Å². The molecule has 1 aliphatic heterocycles. The molecule has 1 N–H and O–H groups in total. The van der Waals surface area contributed by atoms with Gasteiger partial charge in [-0.05, 0) is 56.2 Å². The summed E-state index contributed by atoms with van der Waals surface area (Å²) in [5, 5.41) is 0. The molecular weight excluding hydrogens is 351 g/mol. The Bertz CT molecular complexity index is 873. The van der Waals surface area contributed by atoms with Gasteiger partial charge in [-0.25, -0.2) is 12.8 Å². The smallest absolute Gasteiger partial charge is 0.243 e. The number of halogens is 1. The second-order valence-corrected chi connectivity index (χ2v) is 9.02. The van der Waals surface area contributed by atoms with Crippen molar-refractivity contribution in [3.8, 4) is 0 Å². The molecule has 1 atom stereocenters. The van der Waals surface area contributed by atoms with E-state index in [2.05, 4.69) is 6.92 Å². The zero-order valence-corrected chi connectivity index (χ0v) is 16.3. The Morgan fingerprint density at radius 3 is 2.19 bits per heavy atom. The number of nitrogens with zero attached hydrogens (tertiary/aromatic N) is 1. The van der Waals surface area contributed by atoms with Crippen LogP contribution in [-0.4, -0.2) is 38.9 Å². The first kappa shape index (κ1) is 19.0. The summed E-state index contributed by atoms with van der Waals surface area (Å²) in [6.07, 6.45) is 0. The van der Waals surface area contributed by atoms with E-state index in [0.29, 0.717) is 18.0 Å². The van der Waals surface area contributed by atoms with Crippen molar-refractivity contribution < 1.29 is 17.7 Å². The van der Waals surface area contributed by atoms with E-state index in [1.54, 1.807) is 16.4 Å². The maximum absolute atomic E-state index is 13.1. The van der Waals surface area contributed by atoms with Crippen LogP contribution in [0.1, 0.15) is 29.7 Å². The highest BCUT2D eigenvalue weighted by atomic mass is 32.2. The fourth-order valence-electron chi connectivity index (χ4n) is 3.46. The molecule has 26 heavy (non-hydrogen) atoms. The van der Waals surface area contributed by atoms with Crippen LogP contribution in [0.25, 0.3) is 0 Å². The van der Waals surface area contributed by atoms with Crippen molar-refractivity contribution in [3.63, 3.8) is 0 Å². The van der Waals surface area contributed by atoms with E-state index >= 15 is 0 Å². The molecule has 0 radical (unpaired) electrons. The Morgan fingerprint density at radius 1 is 1.00 bits per heavy atom. The van der Waals surface area contributed by atoms with Gasteiger partial charge in [0.2, 0.25) is 10.0 Å². The van der Waals surface area contributed by atoms with Gasteiger partial charge in [-0.15, -0.1) is 0 Å². The lowest BCUT2D eigenvalue weighted by Crippen LogP contribution is -3.14. The molecule has 4 nitrogen and oxygen atoms in total. The number of aryl methyl sites for hydroxylation is 2. The third-order valence-electron chi connectivity index (χ3n) is 5.46. The summed E-state index contributed by atoms with van der Waals surface area (Å²) in [4.78, 5) is 1.69. The van der Waals surface area contributed by atoms with Crippen LogP contribution < -0.4 is 4.90 Å². The van der Waals surface area contributed by atoms with E-state index in [1.165, 1.54) is 17.0 Å². The van der Waals surface area contributed by atoms with Crippen LogP contribution in [0.5, 0.6) is 0 Å². The van der Waals surface area contributed by atoms with E-state index in [9.17, 15) is 12.8 Å². The maximum Gasteiger partial charge on any atom is 0.243 e. The Hall–Kier alpha value is -1.76. The summed E-state index contributed by atoms with van der Waals surface area (Å²) in [5.74, 6) is -0.236. The summed E-state index contributed by atoms with van der Waals surface area (Å²) in [6.45, 7) is 8.49. The van der Waals surface area contributed by atoms with Crippen LogP contribution in [0.4, 0.5) is 4.39 Å². The molecule has 140 valence electrons. The number of hydrogen-bond acceptors (Lipinski definition) is 2. The minimum absolute atomic E-state index is 0.210. The third kappa shape index (κ3) is 3.82. The summed E-state index contributed by atoms with van der Waals surface area (Å²) >= 11 is 0. The predicted molar refractivity (Wildman–Crippen MR) is 100 cm³/mol. The van der Waals surface area contributed by atoms with E-state index in [0.717, 1.165) is 29.8 Å². The number of nitrogens with one attached hydrogen (secondary N) is 1. The molecule has 6 heteroatoms. The monoisotopic (exact) mass is 377 g/mol. The Labute approximate surface area is 155 Å². The van der Waals surface area contributed by atoms with E-state index < -0.39 is 10.0 Å². The maximum atomic E-state index is 13.1. The van der Waals surface area contributed by atoms with Gasteiger partial charge in [-0.1, -0.05) is 18.2 Å². The summed E-state index contributed by atoms with van der Waals surface area (Å²) < 4.78 is 40.5. The van der Waals surface area contributed by atoms with Crippen LogP contribution >= 0.6 is 0 Å². The first-order valence-electron chi connectivity index (χ1n) is 8.96.